The smallest absolute Gasteiger partial charge is 0.328 e. The van der Waals surface area contributed by atoms with E-state index in [0.29, 0.717) is 25.1 Å². The molecule has 0 aliphatic carbocycles. The molecule has 1 aliphatic rings. The summed E-state index contributed by atoms with van der Waals surface area (Å²) in [6, 6.07) is 38.3. The Kier molecular flexibility index (Phi) is 11.8. The highest BCUT2D eigenvalue weighted by Crippen LogP contribution is 2.39. The second-order valence-electron chi connectivity index (χ2n) is 13.1. The second kappa shape index (κ2) is 16.8. The van der Waals surface area contributed by atoms with Crippen LogP contribution < -0.4 is 10.6 Å². The molecular weight excluding hydrogens is 642 g/mol. The van der Waals surface area contributed by atoms with Gasteiger partial charge in [-0.3, -0.25) is 4.90 Å². The number of fused-ring (bicyclic) bond motifs is 1. The topological polar surface area (TPSA) is 109 Å². The average Bonchev–Trinajstić information content (AvgIpc) is 3.17. The molecule has 0 aromatic heterocycles. The Morgan fingerprint density at radius 3 is 2.33 bits per heavy atom. The van der Waals surface area contributed by atoms with Crippen molar-refractivity contribution in [2.75, 3.05) is 26.0 Å². The van der Waals surface area contributed by atoms with Gasteiger partial charge in [0, 0.05) is 36.7 Å². The Labute approximate surface area is 299 Å². The van der Waals surface area contributed by atoms with Crippen molar-refractivity contribution in [2.45, 2.75) is 57.0 Å². The van der Waals surface area contributed by atoms with Gasteiger partial charge in [0.2, 0.25) is 0 Å². The van der Waals surface area contributed by atoms with E-state index in [-0.39, 0.29) is 24.9 Å². The maximum Gasteiger partial charge on any atom is 0.328 e. The highest BCUT2D eigenvalue weighted by atomic mass is 16.7. The van der Waals surface area contributed by atoms with Gasteiger partial charge in [-0.2, -0.15) is 0 Å². The van der Waals surface area contributed by atoms with Crippen LogP contribution in [0.3, 0.4) is 0 Å². The number of urea groups is 1. The van der Waals surface area contributed by atoms with Crippen molar-refractivity contribution in [3.05, 3.63) is 149 Å². The molecule has 0 saturated carbocycles. The van der Waals surface area contributed by atoms with Crippen molar-refractivity contribution >= 4 is 28.5 Å². The number of benzene rings is 5. The van der Waals surface area contributed by atoms with Gasteiger partial charge in [0.15, 0.2) is 6.29 Å². The van der Waals surface area contributed by atoms with Crippen LogP contribution >= 0.6 is 0 Å². The van der Waals surface area contributed by atoms with E-state index in [2.05, 4.69) is 72.0 Å². The Hall–Kier alpha value is -5.06. The molecule has 5 aromatic carbocycles. The monoisotopic (exact) mass is 687 g/mol. The van der Waals surface area contributed by atoms with Crippen LogP contribution in [0.25, 0.3) is 10.8 Å². The van der Waals surface area contributed by atoms with Gasteiger partial charge in [-0.05, 0) is 65.2 Å². The third kappa shape index (κ3) is 9.19. The van der Waals surface area contributed by atoms with Crippen molar-refractivity contribution < 1.29 is 28.9 Å². The summed E-state index contributed by atoms with van der Waals surface area (Å²) in [5.41, 5.74) is 5.22. The standard InChI is InChI=1S/C42H45N3O6/c1-28(33-21-20-31-12-7-8-13-34(31)23-33)45(2)26-37-25-39(32-18-16-30(27-46)17-19-32)51-41(50-37)35-14-9-15-36(24-35)43-42(48)44-38(40(47)49-3)22-29-10-5-4-6-11-29/h4-21,23-24,28,37-39,41,46H,22,25-27H2,1-3H3,(H2,43,44,48)/t28-,37+,38+,39-,41-/m1/s1. The number of nitrogens with one attached hydrogen (secondary N) is 2. The van der Waals surface area contributed by atoms with Crippen LogP contribution in [0.15, 0.2) is 121 Å². The number of likely N-dealkylation sites (N-methyl/N-ethyl adjacent to an activating group) is 1. The number of esters is 1. The number of anilines is 1. The van der Waals surface area contributed by atoms with E-state index >= 15 is 0 Å². The summed E-state index contributed by atoms with van der Waals surface area (Å²) in [4.78, 5) is 27.9. The van der Waals surface area contributed by atoms with E-state index in [0.717, 1.165) is 22.3 Å². The number of hydrogen-bond donors (Lipinski definition) is 3. The highest BCUT2D eigenvalue weighted by Gasteiger charge is 2.34. The van der Waals surface area contributed by atoms with Crippen LogP contribution in [0.4, 0.5) is 10.5 Å². The number of amides is 2. The number of ether oxygens (including phenoxy) is 3. The van der Waals surface area contributed by atoms with Gasteiger partial charge in [0.1, 0.15) is 6.04 Å². The molecule has 1 saturated heterocycles. The number of carbonyl (C=O) groups is 2. The second-order valence-corrected chi connectivity index (χ2v) is 13.1. The molecule has 0 spiro atoms. The van der Waals surface area contributed by atoms with Crippen LogP contribution in [0.5, 0.6) is 0 Å². The normalized spacial score (nSPS) is 18.6. The first-order valence-electron chi connectivity index (χ1n) is 17.3. The summed E-state index contributed by atoms with van der Waals surface area (Å²) < 4.78 is 18.2. The van der Waals surface area contributed by atoms with Crippen LogP contribution in [-0.4, -0.2) is 54.9 Å². The maximum absolute atomic E-state index is 13.1. The molecule has 6 rings (SSSR count). The molecule has 0 unspecified atom stereocenters. The SMILES string of the molecule is COC(=O)[C@H](Cc1ccccc1)NC(=O)Nc1cccc([C@@H]2O[C@H](CN(C)[C@H](C)c3ccc4ccccc4c3)C[C@H](c3ccc(CO)cc3)O2)c1. The summed E-state index contributed by atoms with van der Waals surface area (Å²) >= 11 is 0. The highest BCUT2D eigenvalue weighted by molar-refractivity contribution is 5.92. The Balaban J connectivity index is 1.18. The van der Waals surface area contributed by atoms with Crippen molar-refractivity contribution in [3.8, 4) is 0 Å². The predicted molar refractivity (Wildman–Crippen MR) is 198 cm³/mol. The lowest BCUT2D eigenvalue weighted by Gasteiger charge is -2.39. The van der Waals surface area contributed by atoms with Gasteiger partial charge >= 0.3 is 12.0 Å². The quantitative estimate of drug-likeness (QED) is 0.117. The van der Waals surface area contributed by atoms with Gasteiger partial charge in [0.25, 0.3) is 0 Å². The summed E-state index contributed by atoms with van der Waals surface area (Å²) in [6.45, 7) is 2.84. The zero-order valence-corrected chi connectivity index (χ0v) is 29.2. The van der Waals surface area contributed by atoms with Crippen molar-refractivity contribution in [2.24, 2.45) is 0 Å². The first-order chi connectivity index (χ1) is 24.8. The van der Waals surface area contributed by atoms with E-state index in [9.17, 15) is 14.7 Å². The fraction of sp³-hybridized carbons (Fsp3) is 0.286. The lowest BCUT2D eigenvalue weighted by molar-refractivity contribution is -0.253. The van der Waals surface area contributed by atoms with Crippen LogP contribution in [0.1, 0.15) is 59.6 Å². The molecule has 5 atom stereocenters. The van der Waals surface area contributed by atoms with Crippen LogP contribution in [-0.2, 0) is 32.0 Å². The summed E-state index contributed by atoms with van der Waals surface area (Å²) in [6.07, 6.45) is -0.204. The third-order valence-corrected chi connectivity index (χ3v) is 9.51. The van der Waals surface area contributed by atoms with Crippen LogP contribution in [0, 0.1) is 0 Å². The Morgan fingerprint density at radius 1 is 0.843 bits per heavy atom. The van der Waals surface area contributed by atoms with Gasteiger partial charge in [0.05, 0.1) is 25.9 Å². The third-order valence-electron chi connectivity index (χ3n) is 9.51. The zero-order valence-electron chi connectivity index (χ0n) is 29.2. The molecule has 264 valence electrons. The van der Waals surface area contributed by atoms with E-state index in [1.54, 1.807) is 6.07 Å². The summed E-state index contributed by atoms with van der Waals surface area (Å²) in [5, 5.41) is 17.6. The van der Waals surface area contributed by atoms with Crippen molar-refractivity contribution in [1.29, 1.82) is 0 Å². The van der Waals surface area contributed by atoms with Gasteiger partial charge in [-0.25, -0.2) is 9.59 Å². The molecule has 0 bridgehead atoms. The zero-order chi connectivity index (χ0) is 35.7. The molecular formula is C42H45N3O6. The van der Waals surface area contributed by atoms with Crippen molar-refractivity contribution in [1.82, 2.24) is 10.2 Å². The largest absolute Gasteiger partial charge is 0.467 e. The lowest BCUT2D eigenvalue weighted by Crippen LogP contribution is -2.45. The summed E-state index contributed by atoms with van der Waals surface area (Å²) in [5.74, 6) is -0.532. The fourth-order valence-electron chi connectivity index (χ4n) is 6.51. The molecule has 1 fully saturated rings. The first kappa shape index (κ1) is 35.8. The fourth-order valence-corrected chi connectivity index (χ4v) is 6.51. The predicted octanol–water partition coefficient (Wildman–Crippen LogP) is 7.48. The number of carbonyl (C=O) groups excluding carboxylic acids is 2. The molecule has 1 aliphatic heterocycles. The number of rotatable bonds is 12. The van der Waals surface area contributed by atoms with Gasteiger partial charge < -0.3 is 30.0 Å². The minimum Gasteiger partial charge on any atom is -0.467 e. The number of hydrogen-bond acceptors (Lipinski definition) is 7. The number of methoxy groups -OCH3 is 1. The molecule has 2 amide bonds. The molecule has 51 heavy (non-hydrogen) atoms. The molecule has 0 radical (unpaired) electrons. The molecule has 5 aromatic rings. The maximum atomic E-state index is 13.1. The van der Waals surface area contributed by atoms with Crippen LogP contribution in [0.2, 0.25) is 0 Å². The minimum atomic E-state index is -0.863. The molecule has 9 heteroatoms. The van der Waals surface area contributed by atoms with E-state index in [1.807, 2.05) is 72.8 Å². The number of nitrogens with zero attached hydrogens (tertiary/aromatic N) is 1. The molecule has 9 nitrogen and oxygen atoms in total. The number of aliphatic hydroxyl groups is 1. The van der Waals surface area contributed by atoms with E-state index in [4.69, 9.17) is 14.2 Å². The Bertz CT molecular complexity index is 1920. The van der Waals surface area contributed by atoms with E-state index < -0.39 is 24.3 Å². The first-order valence-corrected chi connectivity index (χ1v) is 17.3. The summed E-state index contributed by atoms with van der Waals surface area (Å²) in [7, 11) is 3.41. The molecule has 1 heterocycles. The molecule has 3 N–H and O–H groups in total. The average molecular weight is 688 g/mol. The minimum absolute atomic E-state index is 0.0301. The lowest BCUT2D eigenvalue weighted by atomic mass is 9.98. The Morgan fingerprint density at radius 2 is 1.59 bits per heavy atom. The van der Waals surface area contributed by atoms with Gasteiger partial charge in [-0.1, -0.05) is 103 Å². The number of aliphatic hydroxyl groups excluding tert-OH is 1. The van der Waals surface area contributed by atoms with E-state index in [1.165, 1.54) is 23.4 Å². The van der Waals surface area contributed by atoms with Gasteiger partial charge in [-0.15, -0.1) is 0 Å². The van der Waals surface area contributed by atoms with Crippen molar-refractivity contribution in [3.63, 3.8) is 0 Å².